The maximum absolute atomic E-state index is 6.23. The number of nitrogens with one attached hydrogen (secondary N) is 1. The van der Waals surface area contributed by atoms with E-state index in [-0.39, 0.29) is 0 Å². The highest BCUT2D eigenvalue weighted by Crippen LogP contribution is 2.37. The number of hydrogen-bond acceptors (Lipinski definition) is 4. The molecule has 4 nitrogen and oxygen atoms in total. The molecule has 7 heteroatoms. The standard InChI is InChI=1S/C16H18Cl2N4S/c1-10-16(23-13-4-2-3-12(17)15(13)18)21-9-14(22-10)20-8-11-5-6-19-7-11/h2-4,9,11,19H,5-8H2,1H3,(H,20,22)/p+1. The van der Waals surface area contributed by atoms with Crippen molar-refractivity contribution in [2.75, 3.05) is 25.0 Å². The van der Waals surface area contributed by atoms with Crippen molar-refractivity contribution in [1.29, 1.82) is 0 Å². The first-order valence-corrected chi connectivity index (χ1v) is 9.22. The fraction of sp³-hybridized carbons (Fsp3) is 0.375. The van der Waals surface area contributed by atoms with Crippen molar-refractivity contribution in [3.8, 4) is 0 Å². The molecule has 1 atom stereocenters. The van der Waals surface area contributed by atoms with Gasteiger partial charge in [0, 0.05) is 23.8 Å². The number of quaternary nitrogens is 1. The monoisotopic (exact) mass is 369 g/mol. The fourth-order valence-corrected chi connectivity index (χ4v) is 3.91. The van der Waals surface area contributed by atoms with E-state index in [1.54, 1.807) is 12.3 Å². The average Bonchev–Trinajstić information content (AvgIpc) is 3.05. The molecule has 1 aliphatic heterocycles. The average molecular weight is 370 g/mol. The van der Waals surface area contributed by atoms with Crippen molar-refractivity contribution in [3.05, 3.63) is 40.1 Å². The molecule has 3 N–H and O–H groups in total. The number of nitrogens with zero attached hydrogens (tertiary/aromatic N) is 2. The molecule has 0 saturated carbocycles. The number of rotatable bonds is 5. The van der Waals surface area contributed by atoms with Gasteiger partial charge in [-0.15, -0.1) is 0 Å². The Labute approximate surface area is 150 Å². The van der Waals surface area contributed by atoms with Crippen LogP contribution in [-0.4, -0.2) is 29.6 Å². The van der Waals surface area contributed by atoms with E-state index in [1.807, 2.05) is 19.1 Å². The first-order chi connectivity index (χ1) is 11.1. The molecule has 2 aromatic rings. The summed E-state index contributed by atoms with van der Waals surface area (Å²) in [6, 6.07) is 5.59. The molecule has 23 heavy (non-hydrogen) atoms. The number of benzene rings is 1. The molecule has 1 aromatic heterocycles. The van der Waals surface area contributed by atoms with Crippen molar-refractivity contribution in [3.63, 3.8) is 0 Å². The van der Waals surface area contributed by atoms with Crippen LogP contribution in [0.15, 0.2) is 34.3 Å². The van der Waals surface area contributed by atoms with E-state index in [0.29, 0.717) is 10.0 Å². The molecule has 0 radical (unpaired) electrons. The molecule has 0 amide bonds. The van der Waals surface area contributed by atoms with Gasteiger partial charge in [-0.3, -0.25) is 0 Å². The van der Waals surface area contributed by atoms with E-state index < -0.39 is 0 Å². The molecular formula is C16H19Cl2N4S+. The first-order valence-electron chi connectivity index (χ1n) is 7.64. The number of anilines is 1. The summed E-state index contributed by atoms with van der Waals surface area (Å²) in [4.78, 5) is 10.0. The summed E-state index contributed by atoms with van der Waals surface area (Å²) in [7, 11) is 0. The minimum Gasteiger partial charge on any atom is -0.368 e. The molecule has 1 aliphatic rings. The predicted octanol–water partition coefficient (Wildman–Crippen LogP) is 3.24. The van der Waals surface area contributed by atoms with Gasteiger partial charge in [-0.25, -0.2) is 9.97 Å². The van der Waals surface area contributed by atoms with Gasteiger partial charge >= 0.3 is 0 Å². The summed E-state index contributed by atoms with van der Waals surface area (Å²) in [5.74, 6) is 1.55. The Morgan fingerprint density at radius 1 is 1.39 bits per heavy atom. The zero-order valence-electron chi connectivity index (χ0n) is 12.9. The number of halogens is 2. The molecule has 0 spiro atoms. The van der Waals surface area contributed by atoms with Crippen molar-refractivity contribution < 1.29 is 5.32 Å². The van der Waals surface area contributed by atoms with Crippen molar-refractivity contribution in [1.82, 2.24) is 9.97 Å². The summed E-state index contributed by atoms with van der Waals surface area (Å²) in [5, 5.41) is 7.69. The molecule has 122 valence electrons. The fourth-order valence-electron chi connectivity index (χ4n) is 2.58. The molecule has 1 unspecified atom stereocenters. The lowest BCUT2D eigenvalue weighted by Gasteiger charge is -2.11. The van der Waals surface area contributed by atoms with Crippen LogP contribution in [0.1, 0.15) is 12.1 Å². The van der Waals surface area contributed by atoms with Crippen molar-refractivity contribution in [2.45, 2.75) is 23.3 Å². The van der Waals surface area contributed by atoms with Crippen LogP contribution in [0.4, 0.5) is 5.82 Å². The maximum Gasteiger partial charge on any atom is 0.144 e. The molecule has 0 bridgehead atoms. The smallest absolute Gasteiger partial charge is 0.144 e. The molecule has 1 fully saturated rings. The molecule has 3 rings (SSSR count). The Morgan fingerprint density at radius 2 is 2.26 bits per heavy atom. The zero-order valence-corrected chi connectivity index (χ0v) is 15.2. The zero-order chi connectivity index (χ0) is 16.2. The van der Waals surface area contributed by atoms with Crippen LogP contribution in [0.2, 0.25) is 10.0 Å². The van der Waals surface area contributed by atoms with Gasteiger partial charge in [0.1, 0.15) is 10.8 Å². The van der Waals surface area contributed by atoms with E-state index in [0.717, 1.165) is 33.9 Å². The second-order valence-electron chi connectivity index (χ2n) is 5.65. The molecule has 0 aliphatic carbocycles. The predicted molar refractivity (Wildman–Crippen MR) is 95.6 cm³/mol. The van der Waals surface area contributed by atoms with Crippen molar-refractivity contribution in [2.24, 2.45) is 5.92 Å². The summed E-state index contributed by atoms with van der Waals surface area (Å²) < 4.78 is 0. The number of nitrogens with two attached hydrogens (primary N) is 1. The summed E-state index contributed by atoms with van der Waals surface area (Å²) in [5.41, 5.74) is 0.883. The lowest BCUT2D eigenvalue weighted by atomic mass is 10.1. The lowest BCUT2D eigenvalue weighted by molar-refractivity contribution is -0.637. The van der Waals surface area contributed by atoms with E-state index >= 15 is 0 Å². The SMILES string of the molecule is Cc1nc(NCC2CC[NH2+]C2)cnc1Sc1cccc(Cl)c1Cl. The van der Waals surface area contributed by atoms with Crippen LogP contribution in [0.25, 0.3) is 0 Å². The normalized spacial score (nSPS) is 17.4. The number of hydrogen-bond donors (Lipinski definition) is 2. The van der Waals surface area contributed by atoms with Gasteiger partial charge in [-0.2, -0.15) is 0 Å². The van der Waals surface area contributed by atoms with Crippen LogP contribution < -0.4 is 10.6 Å². The van der Waals surface area contributed by atoms with Crippen molar-refractivity contribution >= 4 is 40.8 Å². The second-order valence-corrected chi connectivity index (χ2v) is 7.46. The van der Waals surface area contributed by atoms with Crippen LogP contribution in [0, 0.1) is 12.8 Å². The number of aryl methyl sites for hydroxylation is 1. The highest BCUT2D eigenvalue weighted by atomic mass is 35.5. The summed E-state index contributed by atoms with van der Waals surface area (Å²) in [6.07, 6.45) is 3.05. The van der Waals surface area contributed by atoms with Gasteiger partial charge in [-0.05, 0) is 19.1 Å². The van der Waals surface area contributed by atoms with Gasteiger partial charge in [-0.1, -0.05) is 41.0 Å². The first kappa shape index (κ1) is 16.8. The minimum atomic E-state index is 0.550. The summed E-state index contributed by atoms with van der Waals surface area (Å²) in [6.45, 7) is 5.34. The van der Waals surface area contributed by atoms with Gasteiger partial charge in [0.2, 0.25) is 0 Å². The van der Waals surface area contributed by atoms with E-state index in [1.165, 1.54) is 31.3 Å². The van der Waals surface area contributed by atoms with Gasteiger partial charge in [0.25, 0.3) is 0 Å². The summed E-state index contributed by atoms with van der Waals surface area (Å²) >= 11 is 13.8. The van der Waals surface area contributed by atoms with Crippen LogP contribution in [0.3, 0.4) is 0 Å². The van der Waals surface area contributed by atoms with Gasteiger partial charge in [0.15, 0.2) is 0 Å². The van der Waals surface area contributed by atoms with Crippen LogP contribution >= 0.6 is 35.0 Å². The molecule has 2 heterocycles. The largest absolute Gasteiger partial charge is 0.368 e. The minimum absolute atomic E-state index is 0.550. The third kappa shape index (κ3) is 4.29. The lowest BCUT2D eigenvalue weighted by Crippen LogP contribution is -2.81. The van der Waals surface area contributed by atoms with Gasteiger partial charge < -0.3 is 10.6 Å². The van der Waals surface area contributed by atoms with E-state index in [2.05, 4.69) is 20.6 Å². The Kier molecular flexibility index (Phi) is 5.64. The Bertz CT molecular complexity index is 690. The van der Waals surface area contributed by atoms with Crippen LogP contribution in [-0.2, 0) is 0 Å². The Balaban J connectivity index is 1.67. The second kappa shape index (κ2) is 7.71. The Morgan fingerprint density at radius 3 is 3.00 bits per heavy atom. The molecular weight excluding hydrogens is 351 g/mol. The quantitative estimate of drug-likeness (QED) is 0.849. The van der Waals surface area contributed by atoms with E-state index in [9.17, 15) is 0 Å². The Hall–Kier alpha value is -1.01. The maximum atomic E-state index is 6.23. The highest BCUT2D eigenvalue weighted by molar-refractivity contribution is 7.99. The van der Waals surface area contributed by atoms with E-state index in [4.69, 9.17) is 23.2 Å². The highest BCUT2D eigenvalue weighted by Gasteiger charge is 2.18. The topological polar surface area (TPSA) is 54.4 Å². The molecule has 1 aromatic carbocycles. The third-order valence-electron chi connectivity index (χ3n) is 3.88. The van der Waals surface area contributed by atoms with Gasteiger partial charge in [0.05, 0.1) is 35.0 Å². The third-order valence-corrected chi connectivity index (χ3v) is 5.96. The number of aromatic nitrogens is 2. The van der Waals surface area contributed by atoms with Crippen LogP contribution in [0.5, 0.6) is 0 Å². The molecule has 1 saturated heterocycles.